The van der Waals surface area contributed by atoms with Crippen LogP contribution in [-0.4, -0.2) is 9.13 Å². The van der Waals surface area contributed by atoms with Gasteiger partial charge in [0.1, 0.15) is 0 Å². The zero-order valence-corrected chi connectivity index (χ0v) is 27.4. The molecule has 40 heavy (non-hydrogen) atoms. The number of imidazole rings is 1. The van der Waals surface area contributed by atoms with Crippen LogP contribution >= 0.6 is 0 Å². The first kappa shape index (κ1) is 33.6. The molecule has 0 spiro atoms. The summed E-state index contributed by atoms with van der Waals surface area (Å²) in [5.74, 6) is 1.83. The van der Waals surface area contributed by atoms with E-state index in [1.54, 1.807) is 6.42 Å². The molecule has 0 unspecified atom stereocenters. The summed E-state index contributed by atoms with van der Waals surface area (Å²) in [6, 6.07) is 23.3. The molecule has 4 aromatic rings. The van der Waals surface area contributed by atoms with Crippen molar-refractivity contribution in [2.75, 3.05) is 0 Å². The van der Waals surface area contributed by atoms with Gasteiger partial charge in [0.2, 0.25) is 0 Å². The number of benzene rings is 3. The Morgan fingerprint density at radius 2 is 0.950 bits per heavy atom. The number of nitrogens with zero attached hydrogens (tertiary/aromatic N) is 2. The molecule has 1 heterocycles. The van der Waals surface area contributed by atoms with Crippen LogP contribution in [0.2, 0.25) is 0 Å². The summed E-state index contributed by atoms with van der Waals surface area (Å²) in [4.78, 5) is 0. The van der Waals surface area contributed by atoms with E-state index in [1.165, 1.54) is 33.6 Å². The number of halogens is 1. The minimum atomic E-state index is 0. The number of hydrogen-bond acceptors (Lipinski definition) is 0. The van der Waals surface area contributed by atoms with Gasteiger partial charge in [0.05, 0.1) is 0 Å². The van der Waals surface area contributed by atoms with Gasteiger partial charge < -0.3 is 37.0 Å². The molecule has 218 valence electrons. The molecule has 4 heteroatoms. The molecule has 0 radical (unpaired) electrons. The summed E-state index contributed by atoms with van der Waals surface area (Å²) in [6.45, 7) is 23.3. The van der Waals surface area contributed by atoms with Crippen LogP contribution in [0.15, 0.2) is 79.1 Å². The van der Waals surface area contributed by atoms with E-state index in [1.807, 2.05) is 30.3 Å². The van der Waals surface area contributed by atoms with Gasteiger partial charge in [-0.15, -0.1) is 0 Å². The number of para-hydroxylation sites is 2. The van der Waals surface area contributed by atoms with Crippen LogP contribution in [0.25, 0.3) is 11.4 Å². The van der Waals surface area contributed by atoms with Crippen LogP contribution in [0.4, 0.5) is 0 Å². The Morgan fingerprint density at radius 1 is 0.600 bits per heavy atom. The maximum absolute atomic E-state index is 5.05. The minimum absolute atomic E-state index is 0. The van der Waals surface area contributed by atoms with Gasteiger partial charge in [0, 0.05) is 0 Å². The van der Waals surface area contributed by atoms with Crippen molar-refractivity contribution in [1.82, 2.24) is 9.13 Å². The molecule has 0 aliphatic rings. The molecule has 0 aliphatic heterocycles. The fourth-order valence-corrected chi connectivity index (χ4v) is 5.49. The summed E-state index contributed by atoms with van der Waals surface area (Å²) in [5, 5.41) is 0. The molecule has 2 nitrogen and oxygen atoms in total. The van der Waals surface area contributed by atoms with Crippen molar-refractivity contribution in [2.24, 2.45) is 0 Å². The van der Waals surface area contributed by atoms with E-state index in [2.05, 4.69) is 138 Å². The van der Waals surface area contributed by atoms with Gasteiger partial charge in [0.25, 0.3) is 0 Å². The van der Waals surface area contributed by atoms with Crippen molar-refractivity contribution in [3.63, 3.8) is 0 Å². The Kier molecular flexibility index (Phi) is 13.0. The second-order valence-electron chi connectivity index (χ2n) is 11.2. The maximum atomic E-state index is 5.05. The zero-order valence-electron chi connectivity index (χ0n) is 25.1. The number of rotatable bonds is 8. The van der Waals surface area contributed by atoms with Crippen LogP contribution in [0.1, 0.15) is 107 Å². The van der Waals surface area contributed by atoms with Crippen molar-refractivity contribution in [3.05, 3.63) is 130 Å². The molecule has 0 bridgehead atoms. The van der Waals surface area contributed by atoms with Crippen molar-refractivity contribution in [3.8, 4) is 11.4 Å². The molecular formula is C36H43ClN2Pd-4. The Labute approximate surface area is 259 Å². The Hall–Kier alpha value is -2.57. The SMILES string of the molecule is CC(C)c1cccc(C(C)C)c1-n1ccn(-c2c(C(C)C)cccc2C(C)C)[c]1=[Pd].[CH-]=[C-][CH-]c1ccccc1.[Cl-]. The van der Waals surface area contributed by atoms with E-state index in [4.69, 9.17) is 6.58 Å². The molecule has 0 saturated heterocycles. The first-order valence-electron chi connectivity index (χ1n) is 13.9. The normalized spacial score (nSPS) is 10.9. The predicted molar refractivity (Wildman–Crippen MR) is 162 cm³/mol. The third kappa shape index (κ3) is 7.79. The van der Waals surface area contributed by atoms with Gasteiger partial charge in [0.15, 0.2) is 0 Å². The van der Waals surface area contributed by atoms with Crippen LogP contribution in [0, 0.1) is 23.0 Å². The van der Waals surface area contributed by atoms with Gasteiger partial charge in [-0.1, -0.05) is 18.2 Å². The predicted octanol–water partition coefficient (Wildman–Crippen LogP) is 6.88. The standard InChI is InChI=1S/C27H36N2.C9H7.ClH.Pd/c1-18(2)22-11-9-12-23(19(3)4)26(22)28-15-16-29(17-28)27-24(20(5)6)13-10-14-25(27)21(7)8;1-2-6-9-7-4-3-5-8-9;;/h9-16,18-21H,1-8H3;1,3-8H;1H;/q;-3;;/p-1. The summed E-state index contributed by atoms with van der Waals surface area (Å²) in [5.41, 5.74) is 9.26. The average Bonchev–Trinajstić information content (AvgIpc) is 3.29. The van der Waals surface area contributed by atoms with Crippen molar-refractivity contribution < 1.29 is 31.2 Å². The van der Waals surface area contributed by atoms with Crippen LogP contribution in [-0.2, 0) is 18.7 Å². The van der Waals surface area contributed by atoms with Gasteiger partial charge in [-0.05, 0) is 0 Å². The quantitative estimate of drug-likeness (QED) is 0.146. The Balaban J connectivity index is 0.000000477. The van der Waals surface area contributed by atoms with E-state index >= 15 is 0 Å². The largest absolute Gasteiger partial charge is 1.00 e. The fourth-order valence-electron chi connectivity index (χ4n) is 4.91. The van der Waals surface area contributed by atoms with Crippen LogP contribution in [0.5, 0.6) is 0 Å². The third-order valence-electron chi connectivity index (χ3n) is 6.95. The second-order valence-corrected chi connectivity index (χ2v) is 11.9. The summed E-state index contributed by atoms with van der Waals surface area (Å²) in [6.07, 6.45) is 8.63. The maximum Gasteiger partial charge on any atom is -0.0654 e. The topological polar surface area (TPSA) is 9.86 Å². The van der Waals surface area contributed by atoms with E-state index < -0.39 is 0 Å². The summed E-state index contributed by atoms with van der Waals surface area (Å²) >= 11 is 3.64. The van der Waals surface area contributed by atoms with E-state index in [9.17, 15) is 0 Å². The van der Waals surface area contributed by atoms with E-state index in [0.717, 1.165) is 9.45 Å². The van der Waals surface area contributed by atoms with Gasteiger partial charge in [-0.3, -0.25) is 0 Å². The van der Waals surface area contributed by atoms with Gasteiger partial charge >= 0.3 is 193 Å². The number of hydrogen-bond donors (Lipinski definition) is 0. The van der Waals surface area contributed by atoms with Crippen LogP contribution in [0.3, 0.4) is 0 Å². The minimum Gasteiger partial charge on any atom is -1.00 e. The average molecular weight is 646 g/mol. The Bertz CT molecular complexity index is 1290. The summed E-state index contributed by atoms with van der Waals surface area (Å²) < 4.78 is 5.78. The van der Waals surface area contributed by atoms with Gasteiger partial charge in [-0.25, -0.2) is 0 Å². The molecule has 0 fully saturated rings. The number of aromatic nitrogens is 2. The smallest absolute Gasteiger partial charge is 0.0654 e. The van der Waals surface area contributed by atoms with E-state index in [0.29, 0.717) is 23.7 Å². The second kappa shape index (κ2) is 15.4. The molecular weight excluding hydrogens is 602 g/mol. The number of allylic oxidation sites excluding steroid dienone is 1. The Morgan fingerprint density at radius 3 is 1.25 bits per heavy atom. The first-order chi connectivity index (χ1) is 18.6. The van der Waals surface area contributed by atoms with E-state index in [-0.39, 0.29) is 12.4 Å². The summed E-state index contributed by atoms with van der Waals surface area (Å²) in [7, 11) is 0. The first-order valence-corrected chi connectivity index (χ1v) is 14.7. The zero-order chi connectivity index (χ0) is 28.7. The third-order valence-corrected chi connectivity index (χ3v) is 7.70. The molecule has 4 rings (SSSR count). The molecule has 0 atom stereocenters. The monoisotopic (exact) mass is 644 g/mol. The molecule has 3 aromatic carbocycles. The van der Waals surface area contributed by atoms with Crippen molar-refractivity contribution in [1.29, 1.82) is 0 Å². The molecule has 0 N–H and O–H groups in total. The van der Waals surface area contributed by atoms with Crippen LogP contribution < -0.4 is 12.4 Å². The van der Waals surface area contributed by atoms with Crippen molar-refractivity contribution >= 4 is 0 Å². The van der Waals surface area contributed by atoms with Crippen molar-refractivity contribution in [2.45, 2.75) is 79.1 Å². The fraction of sp³-hybridized carbons (Fsp3) is 0.333. The molecule has 0 aliphatic carbocycles. The van der Waals surface area contributed by atoms with Gasteiger partial charge in [-0.2, -0.15) is 12.1 Å². The molecule has 1 aromatic heterocycles. The molecule has 0 saturated carbocycles. The molecule has 0 amide bonds.